The summed E-state index contributed by atoms with van der Waals surface area (Å²) in [5.74, 6) is -0.117. The highest BCUT2D eigenvalue weighted by Crippen LogP contribution is 2.08. The lowest BCUT2D eigenvalue weighted by Gasteiger charge is -2.13. The van der Waals surface area contributed by atoms with Crippen molar-refractivity contribution in [2.75, 3.05) is 0 Å². The van der Waals surface area contributed by atoms with Gasteiger partial charge in [-0.3, -0.25) is 4.79 Å². The molecule has 90 valence electrons. The second-order valence-corrected chi connectivity index (χ2v) is 4.33. The first-order valence-electron chi connectivity index (χ1n) is 5.54. The first kappa shape index (κ1) is 13.7. The Hall–Kier alpha value is -1.34. The van der Waals surface area contributed by atoms with Gasteiger partial charge in [-0.25, -0.2) is 0 Å². The van der Waals surface area contributed by atoms with Crippen molar-refractivity contribution in [2.45, 2.75) is 31.1 Å². The fourth-order valence-electron chi connectivity index (χ4n) is 1.42. The maximum Gasteiger partial charge on any atom is 0.251 e. The number of nitrogens with zero attached hydrogens (tertiary/aromatic N) is 1. The van der Waals surface area contributed by atoms with Crippen LogP contribution in [0.1, 0.15) is 35.7 Å². The molecule has 17 heavy (non-hydrogen) atoms. The van der Waals surface area contributed by atoms with Gasteiger partial charge < -0.3 is 5.32 Å². The molecule has 0 aliphatic heterocycles. The van der Waals surface area contributed by atoms with Crippen LogP contribution in [0.4, 0.5) is 0 Å². The molecule has 1 unspecified atom stereocenters. The van der Waals surface area contributed by atoms with E-state index < -0.39 is 0 Å². The van der Waals surface area contributed by atoms with Gasteiger partial charge in [-0.2, -0.15) is 5.26 Å². The predicted molar refractivity (Wildman–Crippen MR) is 70.8 cm³/mol. The van der Waals surface area contributed by atoms with Crippen LogP contribution in [-0.4, -0.2) is 11.9 Å². The van der Waals surface area contributed by atoms with E-state index >= 15 is 0 Å². The minimum absolute atomic E-state index is 0.0663. The molecule has 0 spiro atoms. The highest BCUT2D eigenvalue weighted by molar-refractivity contribution is 9.08. The van der Waals surface area contributed by atoms with Gasteiger partial charge in [-0.1, -0.05) is 35.0 Å². The predicted octanol–water partition coefficient (Wildman–Crippen LogP) is 3.00. The minimum atomic E-state index is -0.117. The van der Waals surface area contributed by atoms with E-state index in [2.05, 4.69) is 27.3 Å². The molecular formula is C13H15BrN2O. The van der Waals surface area contributed by atoms with Crippen molar-refractivity contribution in [3.8, 4) is 6.07 Å². The number of hydrogen-bond donors (Lipinski definition) is 1. The van der Waals surface area contributed by atoms with E-state index in [1.54, 1.807) is 12.1 Å². The number of carbonyl (C=O) groups excluding carboxylic acids is 1. The molecule has 0 aliphatic rings. The van der Waals surface area contributed by atoms with Gasteiger partial charge in [-0.15, -0.1) is 0 Å². The third-order valence-electron chi connectivity index (χ3n) is 2.54. The zero-order valence-electron chi connectivity index (χ0n) is 9.74. The average molecular weight is 295 g/mol. The second-order valence-electron chi connectivity index (χ2n) is 3.77. The molecule has 1 atom stereocenters. The monoisotopic (exact) mass is 294 g/mol. The van der Waals surface area contributed by atoms with Gasteiger partial charge in [-0.05, 0) is 24.1 Å². The van der Waals surface area contributed by atoms with E-state index in [-0.39, 0.29) is 11.9 Å². The van der Waals surface area contributed by atoms with Crippen LogP contribution in [0, 0.1) is 11.3 Å². The summed E-state index contributed by atoms with van der Waals surface area (Å²) >= 11 is 3.35. The van der Waals surface area contributed by atoms with Gasteiger partial charge in [0.05, 0.1) is 12.5 Å². The molecule has 0 bridgehead atoms. The zero-order valence-corrected chi connectivity index (χ0v) is 11.3. The van der Waals surface area contributed by atoms with Gasteiger partial charge in [0.2, 0.25) is 0 Å². The minimum Gasteiger partial charge on any atom is -0.348 e. The number of rotatable bonds is 5. The summed E-state index contributed by atoms with van der Waals surface area (Å²) in [6.07, 6.45) is 1.11. The van der Waals surface area contributed by atoms with Gasteiger partial charge in [0.15, 0.2) is 0 Å². The largest absolute Gasteiger partial charge is 0.348 e. The molecular weight excluding hydrogens is 280 g/mol. The molecule has 0 radical (unpaired) electrons. The molecule has 1 amide bonds. The summed E-state index contributed by atoms with van der Waals surface area (Å²) in [7, 11) is 0. The number of carbonyl (C=O) groups is 1. The van der Waals surface area contributed by atoms with Gasteiger partial charge in [0.25, 0.3) is 5.91 Å². The summed E-state index contributed by atoms with van der Waals surface area (Å²) < 4.78 is 0. The third kappa shape index (κ3) is 4.20. The van der Waals surface area contributed by atoms with E-state index in [1.807, 2.05) is 19.1 Å². The lowest BCUT2D eigenvalue weighted by molar-refractivity contribution is 0.0936. The van der Waals surface area contributed by atoms with Crippen molar-refractivity contribution in [3.63, 3.8) is 0 Å². The molecule has 0 saturated carbocycles. The van der Waals surface area contributed by atoms with Crippen LogP contribution in [0.5, 0.6) is 0 Å². The molecule has 0 heterocycles. The molecule has 1 aromatic rings. The molecule has 0 aliphatic carbocycles. The Labute approximate surface area is 110 Å². The summed E-state index contributed by atoms with van der Waals surface area (Å²) in [6, 6.07) is 9.42. The van der Waals surface area contributed by atoms with Crippen molar-refractivity contribution < 1.29 is 4.79 Å². The lowest BCUT2D eigenvalue weighted by Crippen LogP contribution is -2.34. The number of hydrogen-bond acceptors (Lipinski definition) is 2. The SMILES string of the molecule is CCC(CC#N)NC(=O)c1ccc(CBr)cc1. The zero-order chi connectivity index (χ0) is 12.7. The van der Waals surface area contributed by atoms with Gasteiger partial charge in [0.1, 0.15) is 0 Å². The Balaban J connectivity index is 2.65. The number of halogens is 1. The highest BCUT2D eigenvalue weighted by atomic mass is 79.9. The van der Waals surface area contributed by atoms with Crippen LogP contribution in [0.3, 0.4) is 0 Å². The smallest absolute Gasteiger partial charge is 0.251 e. The Kier molecular flexibility index (Phi) is 5.71. The quantitative estimate of drug-likeness (QED) is 0.849. The molecule has 1 rings (SSSR count). The van der Waals surface area contributed by atoms with E-state index in [4.69, 9.17) is 5.26 Å². The first-order valence-corrected chi connectivity index (χ1v) is 6.66. The number of amides is 1. The topological polar surface area (TPSA) is 52.9 Å². The van der Waals surface area contributed by atoms with Crippen molar-refractivity contribution in [3.05, 3.63) is 35.4 Å². The summed E-state index contributed by atoms with van der Waals surface area (Å²) in [6.45, 7) is 1.95. The number of alkyl halides is 1. The summed E-state index contributed by atoms with van der Waals surface area (Å²) in [5, 5.41) is 12.2. The van der Waals surface area contributed by atoms with Crippen molar-refractivity contribution >= 4 is 21.8 Å². The van der Waals surface area contributed by atoms with E-state index in [0.29, 0.717) is 12.0 Å². The Morgan fingerprint density at radius 1 is 1.47 bits per heavy atom. The fraction of sp³-hybridized carbons (Fsp3) is 0.385. The van der Waals surface area contributed by atoms with Crippen molar-refractivity contribution in [1.82, 2.24) is 5.32 Å². The summed E-state index contributed by atoms with van der Waals surface area (Å²) in [5.41, 5.74) is 1.76. The van der Waals surface area contributed by atoms with Gasteiger partial charge in [0, 0.05) is 16.9 Å². The van der Waals surface area contributed by atoms with Crippen LogP contribution >= 0.6 is 15.9 Å². The van der Waals surface area contributed by atoms with E-state index in [9.17, 15) is 4.79 Å². The number of nitriles is 1. The fourth-order valence-corrected chi connectivity index (χ4v) is 1.80. The molecule has 0 fully saturated rings. The molecule has 1 aromatic carbocycles. The van der Waals surface area contributed by atoms with E-state index in [0.717, 1.165) is 17.3 Å². The Morgan fingerprint density at radius 3 is 2.59 bits per heavy atom. The van der Waals surface area contributed by atoms with Crippen LogP contribution in [0.25, 0.3) is 0 Å². The molecule has 0 saturated heterocycles. The number of benzene rings is 1. The third-order valence-corrected chi connectivity index (χ3v) is 3.18. The lowest BCUT2D eigenvalue weighted by atomic mass is 10.1. The maximum atomic E-state index is 11.9. The summed E-state index contributed by atoms with van der Waals surface area (Å²) in [4.78, 5) is 11.9. The van der Waals surface area contributed by atoms with Crippen molar-refractivity contribution in [2.24, 2.45) is 0 Å². The molecule has 0 aromatic heterocycles. The Morgan fingerprint density at radius 2 is 2.12 bits per heavy atom. The van der Waals surface area contributed by atoms with Crippen LogP contribution < -0.4 is 5.32 Å². The average Bonchev–Trinajstić information content (AvgIpc) is 2.38. The number of nitrogens with one attached hydrogen (secondary N) is 1. The molecule has 1 N–H and O–H groups in total. The highest BCUT2D eigenvalue weighted by Gasteiger charge is 2.11. The van der Waals surface area contributed by atoms with Gasteiger partial charge >= 0.3 is 0 Å². The normalized spacial score (nSPS) is 11.6. The van der Waals surface area contributed by atoms with Crippen LogP contribution in [0.2, 0.25) is 0 Å². The van der Waals surface area contributed by atoms with Crippen molar-refractivity contribution in [1.29, 1.82) is 5.26 Å². The van der Waals surface area contributed by atoms with Crippen LogP contribution in [0.15, 0.2) is 24.3 Å². The van der Waals surface area contributed by atoms with E-state index in [1.165, 1.54) is 0 Å². The molecule has 3 nitrogen and oxygen atoms in total. The second kappa shape index (κ2) is 7.08. The Bertz CT molecular complexity index is 408. The molecule has 4 heteroatoms. The first-order chi connectivity index (χ1) is 8.21. The standard InChI is InChI=1S/C13H15BrN2O/c1-2-12(7-8-15)16-13(17)11-5-3-10(9-14)4-6-11/h3-6,12H,2,7,9H2,1H3,(H,16,17). The maximum absolute atomic E-state index is 11.9. The van der Waals surface area contributed by atoms with Crippen LogP contribution in [-0.2, 0) is 5.33 Å².